The minimum absolute atomic E-state index is 0.459. The second kappa shape index (κ2) is 3.48. The normalized spacial score (nSPS) is 30.8. The van der Waals surface area contributed by atoms with Crippen LogP contribution in [-0.2, 0) is 0 Å². The molecule has 1 nitrogen and oxygen atoms in total. The topological polar surface area (TPSA) is 0 Å². The zero-order valence-corrected chi connectivity index (χ0v) is 11.3. The summed E-state index contributed by atoms with van der Waals surface area (Å²) in [4.78, 5) is 0.459. The van der Waals surface area contributed by atoms with Gasteiger partial charge in [0.1, 0.15) is 6.54 Å². The molecule has 64 valence electrons. The van der Waals surface area contributed by atoms with Crippen LogP contribution in [0.25, 0.3) is 0 Å². The fraction of sp³-hybridized carbons (Fsp3) is 0.714. The highest BCUT2D eigenvalue weighted by Crippen LogP contribution is 2.33. The summed E-state index contributed by atoms with van der Waals surface area (Å²) in [6.45, 7) is 2.21. The third kappa shape index (κ3) is 2.54. The Morgan fingerprint density at radius 3 is 2.36 bits per heavy atom. The molecule has 1 rings (SSSR count). The molecule has 0 aromatic carbocycles. The van der Waals surface area contributed by atoms with Crippen LogP contribution in [0.5, 0.6) is 0 Å². The van der Waals surface area contributed by atoms with Gasteiger partial charge in [0.05, 0.1) is 29.9 Å². The van der Waals surface area contributed by atoms with Crippen molar-refractivity contribution in [1.29, 1.82) is 0 Å². The molecule has 0 aromatic heterocycles. The first-order valence-corrected chi connectivity index (χ1v) is 5.93. The number of quaternary nitrogens is 1. The first-order valence-electron chi connectivity index (χ1n) is 3.42. The minimum atomic E-state index is 0.459. The molecule has 1 aliphatic rings. The predicted octanol–water partition coefficient (Wildman–Crippen LogP) is 2.84. The highest BCUT2D eigenvalue weighted by Gasteiger charge is 2.30. The van der Waals surface area contributed by atoms with Gasteiger partial charge in [0.2, 0.25) is 0 Å². The smallest absolute Gasteiger partial charge is 0.111 e. The fourth-order valence-electron chi connectivity index (χ4n) is 1.20. The average molecular weight is 349 g/mol. The lowest BCUT2D eigenvalue weighted by molar-refractivity contribution is -0.885. The zero-order chi connectivity index (χ0) is 8.65. The Hall–Kier alpha value is 1.14. The number of nitrogens with zero attached hydrogens (tertiary/aromatic N) is 1. The highest BCUT2D eigenvalue weighted by molar-refractivity contribution is 9.15. The van der Waals surface area contributed by atoms with Crippen molar-refractivity contribution in [3.05, 3.63) is 8.96 Å². The minimum Gasteiger partial charge on any atom is -0.323 e. The molecule has 0 aromatic rings. The molecule has 4 heteroatoms. The summed E-state index contributed by atoms with van der Waals surface area (Å²) in [5, 5.41) is 0. The second-order valence-electron chi connectivity index (χ2n) is 3.50. The number of rotatable bonds is 0. The molecule has 0 aliphatic carbocycles. The maximum Gasteiger partial charge on any atom is 0.111 e. The molecule has 0 saturated heterocycles. The first kappa shape index (κ1) is 10.2. The number of hydrogen-bond donors (Lipinski definition) is 0. The summed E-state index contributed by atoms with van der Waals surface area (Å²) < 4.78 is 3.57. The molecule has 0 fully saturated rings. The van der Waals surface area contributed by atoms with Crippen molar-refractivity contribution >= 4 is 47.8 Å². The third-order valence-corrected chi connectivity index (χ3v) is 5.36. The van der Waals surface area contributed by atoms with Gasteiger partial charge in [-0.05, 0) is 15.9 Å². The Kier molecular flexibility index (Phi) is 3.23. The van der Waals surface area contributed by atoms with E-state index >= 15 is 0 Å². The van der Waals surface area contributed by atoms with Crippen molar-refractivity contribution in [3.63, 3.8) is 0 Å². The molecule has 0 spiro atoms. The summed E-state index contributed by atoms with van der Waals surface area (Å²) in [5.41, 5.74) is 0. The van der Waals surface area contributed by atoms with Gasteiger partial charge < -0.3 is 4.48 Å². The van der Waals surface area contributed by atoms with E-state index in [0.717, 1.165) is 17.6 Å². The van der Waals surface area contributed by atoms with Crippen molar-refractivity contribution in [2.75, 3.05) is 27.2 Å². The van der Waals surface area contributed by atoms with E-state index in [2.05, 4.69) is 61.9 Å². The number of hydrogen-bond acceptors (Lipinski definition) is 0. The lowest BCUT2D eigenvalue weighted by Gasteiger charge is -2.35. The lowest BCUT2D eigenvalue weighted by atomic mass is 10.2. The Balaban J connectivity index is 2.85. The Morgan fingerprint density at radius 2 is 1.91 bits per heavy atom. The SMILES string of the molecule is C[N+]1(C)CC(Br)=C(Br)[C@@H](Br)C1. The van der Waals surface area contributed by atoms with Gasteiger partial charge in [-0.1, -0.05) is 31.9 Å². The van der Waals surface area contributed by atoms with E-state index in [1.54, 1.807) is 0 Å². The number of halogens is 3. The van der Waals surface area contributed by atoms with E-state index in [0.29, 0.717) is 4.83 Å². The van der Waals surface area contributed by atoms with Gasteiger partial charge in [0.25, 0.3) is 0 Å². The van der Waals surface area contributed by atoms with Crippen LogP contribution in [0.3, 0.4) is 0 Å². The van der Waals surface area contributed by atoms with Gasteiger partial charge in [-0.2, -0.15) is 0 Å². The van der Waals surface area contributed by atoms with Crippen molar-refractivity contribution in [2.24, 2.45) is 0 Å². The second-order valence-corrected chi connectivity index (χ2v) is 6.41. The molecule has 0 N–H and O–H groups in total. The molecule has 0 saturated carbocycles. The maximum absolute atomic E-state index is 3.62. The molecule has 0 amide bonds. The summed E-state index contributed by atoms with van der Waals surface area (Å²) in [5.74, 6) is 0. The first-order chi connectivity index (χ1) is 4.92. The van der Waals surface area contributed by atoms with E-state index in [1.807, 2.05) is 0 Å². The molecule has 1 heterocycles. The molecule has 1 atom stereocenters. The van der Waals surface area contributed by atoms with Crippen molar-refractivity contribution in [3.8, 4) is 0 Å². The fourth-order valence-corrected chi connectivity index (χ4v) is 3.79. The molecule has 0 unspecified atom stereocenters. The number of alkyl halides is 1. The van der Waals surface area contributed by atoms with Crippen LogP contribution in [0.1, 0.15) is 0 Å². The van der Waals surface area contributed by atoms with E-state index < -0.39 is 0 Å². The van der Waals surface area contributed by atoms with Gasteiger partial charge in [-0.3, -0.25) is 0 Å². The molecule has 1 aliphatic heterocycles. The summed E-state index contributed by atoms with van der Waals surface area (Å²) in [6, 6.07) is 0. The van der Waals surface area contributed by atoms with Crippen molar-refractivity contribution in [2.45, 2.75) is 4.83 Å². The lowest BCUT2D eigenvalue weighted by Crippen LogP contribution is -2.47. The van der Waals surface area contributed by atoms with Crippen molar-refractivity contribution in [1.82, 2.24) is 0 Å². The number of likely N-dealkylation sites (N-methyl/N-ethyl adjacent to an activating group) is 1. The summed E-state index contributed by atoms with van der Waals surface area (Å²) in [6.07, 6.45) is 0. The van der Waals surface area contributed by atoms with Crippen LogP contribution in [0.15, 0.2) is 8.96 Å². The molecule has 0 bridgehead atoms. The van der Waals surface area contributed by atoms with Gasteiger partial charge in [0.15, 0.2) is 0 Å². The zero-order valence-electron chi connectivity index (χ0n) is 6.57. The predicted molar refractivity (Wildman–Crippen MR) is 59.4 cm³/mol. The summed E-state index contributed by atoms with van der Waals surface area (Å²) in [7, 11) is 4.46. The van der Waals surface area contributed by atoms with Crippen LogP contribution in [0, 0.1) is 0 Å². The largest absolute Gasteiger partial charge is 0.323 e. The van der Waals surface area contributed by atoms with E-state index in [1.165, 1.54) is 8.96 Å². The Morgan fingerprint density at radius 1 is 1.36 bits per heavy atom. The van der Waals surface area contributed by atoms with Crippen LogP contribution in [0.2, 0.25) is 0 Å². The Bertz CT molecular complexity index is 198. The van der Waals surface area contributed by atoms with Crippen LogP contribution < -0.4 is 0 Å². The monoisotopic (exact) mass is 346 g/mol. The van der Waals surface area contributed by atoms with Gasteiger partial charge >= 0.3 is 0 Å². The van der Waals surface area contributed by atoms with E-state index in [-0.39, 0.29) is 0 Å². The van der Waals surface area contributed by atoms with Gasteiger partial charge in [-0.15, -0.1) is 0 Å². The highest BCUT2D eigenvalue weighted by atomic mass is 79.9. The molecular formula is C7H11Br3N+. The van der Waals surface area contributed by atoms with Crippen LogP contribution in [-0.4, -0.2) is 36.5 Å². The summed E-state index contributed by atoms with van der Waals surface area (Å²) >= 11 is 10.7. The molecular weight excluding hydrogens is 338 g/mol. The van der Waals surface area contributed by atoms with E-state index in [4.69, 9.17) is 0 Å². The van der Waals surface area contributed by atoms with Gasteiger partial charge in [0, 0.05) is 4.48 Å². The maximum atomic E-state index is 3.62. The van der Waals surface area contributed by atoms with E-state index in [9.17, 15) is 0 Å². The standard InChI is InChI=1S/C7H11Br3N/c1-11(2)3-5(8)7(10)6(9)4-11/h5H,3-4H2,1-2H3/q+1/t5-/m0/s1. The van der Waals surface area contributed by atoms with Gasteiger partial charge in [-0.25, -0.2) is 0 Å². The third-order valence-electron chi connectivity index (χ3n) is 1.76. The van der Waals surface area contributed by atoms with Crippen LogP contribution >= 0.6 is 47.8 Å². The van der Waals surface area contributed by atoms with Crippen LogP contribution in [0.4, 0.5) is 0 Å². The quantitative estimate of drug-likeness (QED) is 0.466. The van der Waals surface area contributed by atoms with Crippen molar-refractivity contribution < 1.29 is 4.48 Å². The average Bonchev–Trinajstić information content (AvgIpc) is 1.81. The molecule has 0 radical (unpaired) electrons. The Labute approximate surface area is 92.8 Å². The molecule has 11 heavy (non-hydrogen) atoms.